The summed E-state index contributed by atoms with van der Waals surface area (Å²) in [5.41, 5.74) is 1.73. The second-order valence-corrected chi connectivity index (χ2v) is 9.31. The molecule has 164 valence electrons. The standard InChI is InChI=1S/C23H24ClNO6/c1-23(2,3)11-25-16-8-7-13(24)9-15(16)20(31-18(22(25)28)10-19(26)27)14-5-4-6-17-21(14)30-12-29-17/h4-9,18,20H,10-12H2,1-3H3,(H,26,27)/t18-,20-/m1/s1. The van der Waals surface area contributed by atoms with Gasteiger partial charge in [-0.1, -0.05) is 44.5 Å². The highest BCUT2D eigenvalue weighted by Gasteiger charge is 2.40. The van der Waals surface area contributed by atoms with Crippen molar-refractivity contribution in [3.05, 3.63) is 52.5 Å². The molecule has 2 aromatic rings. The Morgan fingerprint density at radius 3 is 2.68 bits per heavy atom. The maximum Gasteiger partial charge on any atom is 0.306 e. The van der Waals surface area contributed by atoms with Gasteiger partial charge in [-0.25, -0.2) is 0 Å². The van der Waals surface area contributed by atoms with Gasteiger partial charge in [0.2, 0.25) is 6.79 Å². The lowest BCUT2D eigenvalue weighted by Gasteiger charge is -2.31. The molecule has 0 bridgehead atoms. The summed E-state index contributed by atoms with van der Waals surface area (Å²) in [6.07, 6.45) is -2.39. The Morgan fingerprint density at radius 1 is 1.19 bits per heavy atom. The zero-order chi connectivity index (χ0) is 22.3. The van der Waals surface area contributed by atoms with E-state index in [1.807, 2.05) is 32.9 Å². The van der Waals surface area contributed by atoms with Crippen LogP contribution in [-0.4, -0.2) is 36.4 Å². The minimum atomic E-state index is -1.17. The molecule has 0 saturated carbocycles. The monoisotopic (exact) mass is 445 g/mol. The van der Waals surface area contributed by atoms with Crippen LogP contribution in [0, 0.1) is 5.41 Å². The Morgan fingerprint density at radius 2 is 1.97 bits per heavy atom. The summed E-state index contributed by atoms with van der Waals surface area (Å²) in [6.45, 7) is 6.51. The molecular formula is C23H24ClNO6. The second kappa shape index (κ2) is 8.05. The van der Waals surface area contributed by atoms with Crippen molar-refractivity contribution in [1.29, 1.82) is 0 Å². The fraction of sp³-hybridized carbons (Fsp3) is 0.391. The smallest absolute Gasteiger partial charge is 0.306 e. The fourth-order valence-corrected chi connectivity index (χ4v) is 4.08. The number of aliphatic carboxylic acids is 1. The van der Waals surface area contributed by atoms with Gasteiger partial charge in [0, 0.05) is 28.4 Å². The molecule has 0 unspecified atom stereocenters. The van der Waals surface area contributed by atoms with E-state index in [-0.39, 0.29) is 12.2 Å². The zero-order valence-corrected chi connectivity index (χ0v) is 18.3. The van der Waals surface area contributed by atoms with E-state index in [1.54, 1.807) is 29.2 Å². The second-order valence-electron chi connectivity index (χ2n) is 8.87. The molecule has 0 radical (unpaired) electrons. The van der Waals surface area contributed by atoms with Crippen molar-refractivity contribution in [3.8, 4) is 11.5 Å². The van der Waals surface area contributed by atoms with E-state index < -0.39 is 30.5 Å². The molecule has 2 atom stereocenters. The van der Waals surface area contributed by atoms with E-state index in [0.717, 1.165) is 0 Å². The van der Waals surface area contributed by atoms with Crippen molar-refractivity contribution in [2.45, 2.75) is 39.4 Å². The Bertz CT molecular complexity index is 1030. The van der Waals surface area contributed by atoms with Crippen LogP contribution >= 0.6 is 11.6 Å². The van der Waals surface area contributed by atoms with E-state index in [0.29, 0.717) is 39.9 Å². The van der Waals surface area contributed by atoms with Crippen LogP contribution < -0.4 is 14.4 Å². The van der Waals surface area contributed by atoms with Gasteiger partial charge in [0.25, 0.3) is 5.91 Å². The van der Waals surface area contributed by atoms with Crippen molar-refractivity contribution < 1.29 is 28.9 Å². The number of amides is 1. The highest BCUT2D eigenvalue weighted by atomic mass is 35.5. The predicted molar refractivity (Wildman–Crippen MR) is 115 cm³/mol. The summed E-state index contributed by atoms with van der Waals surface area (Å²) >= 11 is 6.33. The SMILES string of the molecule is CC(C)(C)CN1C(=O)[C@@H](CC(=O)O)O[C@H](c2cccc3c2OCO3)c2cc(Cl)ccc21. The maximum absolute atomic E-state index is 13.5. The average molecular weight is 446 g/mol. The molecule has 8 heteroatoms. The Hall–Kier alpha value is -2.77. The molecule has 0 fully saturated rings. The summed E-state index contributed by atoms with van der Waals surface area (Å²) in [4.78, 5) is 26.6. The molecule has 0 saturated heterocycles. The Kier molecular flexibility index (Phi) is 5.58. The maximum atomic E-state index is 13.5. The first kappa shape index (κ1) is 21.5. The highest BCUT2D eigenvalue weighted by Crippen LogP contribution is 2.46. The Balaban J connectivity index is 1.91. The number of benzene rings is 2. The third-order valence-electron chi connectivity index (χ3n) is 5.11. The van der Waals surface area contributed by atoms with Gasteiger partial charge in [-0.2, -0.15) is 0 Å². The van der Waals surface area contributed by atoms with E-state index in [1.165, 1.54) is 0 Å². The summed E-state index contributed by atoms with van der Waals surface area (Å²) in [6, 6.07) is 10.7. The molecule has 0 aromatic heterocycles. The number of carbonyl (C=O) groups is 2. The molecule has 2 aromatic carbocycles. The number of fused-ring (bicyclic) bond motifs is 2. The van der Waals surface area contributed by atoms with E-state index in [4.69, 9.17) is 25.8 Å². The van der Waals surface area contributed by atoms with Crippen LogP contribution in [-0.2, 0) is 14.3 Å². The summed E-state index contributed by atoms with van der Waals surface area (Å²) in [5.74, 6) is -0.423. The van der Waals surface area contributed by atoms with Gasteiger partial charge in [0.05, 0.1) is 6.42 Å². The highest BCUT2D eigenvalue weighted by molar-refractivity contribution is 6.30. The van der Waals surface area contributed by atoms with Crippen molar-refractivity contribution in [2.24, 2.45) is 5.41 Å². The number of hydrogen-bond acceptors (Lipinski definition) is 5. The van der Waals surface area contributed by atoms with Crippen molar-refractivity contribution in [2.75, 3.05) is 18.2 Å². The molecule has 2 heterocycles. The largest absolute Gasteiger partial charge is 0.481 e. The first-order valence-corrected chi connectivity index (χ1v) is 10.4. The third kappa shape index (κ3) is 4.34. The van der Waals surface area contributed by atoms with Crippen molar-refractivity contribution in [3.63, 3.8) is 0 Å². The molecule has 4 rings (SSSR count). The van der Waals surface area contributed by atoms with E-state index in [9.17, 15) is 14.7 Å². The fourth-order valence-electron chi connectivity index (χ4n) is 3.90. The number of carbonyl (C=O) groups excluding carboxylic acids is 1. The normalized spacial score (nSPS) is 20.4. The first-order chi connectivity index (χ1) is 14.6. The van der Waals surface area contributed by atoms with Crippen LogP contribution in [0.25, 0.3) is 0 Å². The van der Waals surface area contributed by atoms with Crippen LogP contribution in [0.5, 0.6) is 11.5 Å². The molecule has 7 nitrogen and oxygen atoms in total. The van der Waals surface area contributed by atoms with Gasteiger partial charge < -0.3 is 24.2 Å². The van der Waals surface area contributed by atoms with Gasteiger partial charge in [0.15, 0.2) is 11.5 Å². The van der Waals surface area contributed by atoms with Gasteiger partial charge in [-0.15, -0.1) is 0 Å². The van der Waals surface area contributed by atoms with Gasteiger partial charge in [0.1, 0.15) is 12.2 Å². The number of ether oxygens (including phenoxy) is 3. The molecule has 2 aliphatic heterocycles. The molecular weight excluding hydrogens is 422 g/mol. The average Bonchev–Trinajstić information content (AvgIpc) is 3.13. The predicted octanol–water partition coefficient (Wildman–Crippen LogP) is 4.41. The number of halogens is 1. The van der Waals surface area contributed by atoms with Gasteiger partial charge >= 0.3 is 5.97 Å². The molecule has 1 amide bonds. The molecule has 0 spiro atoms. The Labute approximate surface area is 185 Å². The van der Waals surface area contributed by atoms with Crippen LogP contribution in [0.2, 0.25) is 5.02 Å². The van der Waals surface area contributed by atoms with Gasteiger partial charge in [-0.05, 0) is 29.7 Å². The van der Waals surface area contributed by atoms with E-state index in [2.05, 4.69) is 0 Å². The number of hydrogen-bond donors (Lipinski definition) is 1. The minimum Gasteiger partial charge on any atom is -0.481 e. The number of rotatable bonds is 4. The lowest BCUT2D eigenvalue weighted by atomic mass is 9.94. The van der Waals surface area contributed by atoms with Crippen LogP contribution in [0.15, 0.2) is 36.4 Å². The lowest BCUT2D eigenvalue weighted by Crippen LogP contribution is -2.44. The van der Waals surface area contributed by atoms with Crippen LogP contribution in [0.3, 0.4) is 0 Å². The molecule has 1 N–H and O–H groups in total. The summed E-state index contributed by atoms with van der Waals surface area (Å²) in [7, 11) is 0. The topological polar surface area (TPSA) is 85.3 Å². The quantitative estimate of drug-likeness (QED) is 0.750. The van der Waals surface area contributed by atoms with Crippen molar-refractivity contribution >= 4 is 29.2 Å². The summed E-state index contributed by atoms with van der Waals surface area (Å²) < 4.78 is 17.4. The summed E-state index contributed by atoms with van der Waals surface area (Å²) in [5, 5.41) is 9.93. The zero-order valence-electron chi connectivity index (χ0n) is 17.6. The number of carboxylic acids is 1. The minimum absolute atomic E-state index is 0.0785. The molecule has 2 aliphatic rings. The number of anilines is 1. The van der Waals surface area contributed by atoms with E-state index >= 15 is 0 Å². The lowest BCUT2D eigenvalue weighted by molar-refractivity contribution is -0.147. The van der Waals surface area contributed by atoms with Crippen molar-refractivity contribution in [1.82, 2.24) is 0 Å². The third-order valence-corrected chi connectivity index (χ3v) is 5.34. The molecule has 31 heavy (non-hydrogen) atoms. The number of carboxylic acid groups (broad SMARTS) is 1. The van der Waals surface area contributed by atoms with Crippen LogP contribution in [0.1, 0.15) is 44.4 Å². The first-order valence-electron chi connectivity index (χ1n) is 10.0. The number of nitrogens with zero attached hydrogens (tertiary/aromatic N) is 1. The van der Waals surface area contributed by atoms with Gasteiger partial charge in [-0.3, -0.25) is 9.59 Å². The van der Waals surface area contributed by atoms with Crippen LogP contribution in [0.4, 0.5) is 5.69 Å². The number of para-hydroxylation sites is 1. The molecule has 0 aliphatic carbocycles.